The Balaban J connectivity index is 1.54. The minimum absolute atomic E-state index is 0.0608. The van der Waals surface area contributed by atoms with Crippen molar-refractivity contribution >= 4 is 23.3 Å². The molecule has 1 saturated heterocycles. The van der Waals surface area contributed by atoms with E-state index in [1.165, 1.54) is 0 Å². The van der Waals surface area contributed by atoms with Crippen LogP contribution in [0.15, 0.2) is 36.8 Å². The van der Waals surface area contributed by atoms with E-state index >= 15 is 0 Å². The van der Waals surface area contributed by atoms with E-state index in [0.717, 1.165) is 67.1 Å². The standard InChI is InChI=1S/C26H37N7O2/c1-4-20-17-30-33-22(29-16-19-8-7-11-28-15-19)14-23(31-25(20)33)32-12-6-5-9-21(32)10-13-35-26(34)24(27)18(2)3/h7-8,11,14-15,17-18,21,24,29H,4-6,9-10,12-13,16,27H2,1-3H3/t21-,24+/m0/s1. The molecule has 3 aromatic heterocycles. The summed E-state index contributed by atoms with van der Waals surface area (Å²) in [6.45, 7) is 7.90. The molecule has 0 spiro atoms. The second-order valence-corrected chi connectivity index (χ2v) is 9.54. The molecule has 9 nitrogen and oxygen atoms in total. The fourth-order valence-corrected chi connectivity index (χ4v) is 4.48. The molecule has 0 aromatic carbocycles. The Kier molecular flexibility index (Phi) is 8.17. The number of rotatable bonds is 10. The summed E-state index contributed by atoms with van der Waals surface area (Å²) in [6, 6.07) is 5.74. The van der Waals surface area contributed by atoms with Gasteiger partial charge in [0.1, 0.15) is 17.7 Å². The average molecular weight is 480 g/mol. The van der Waals surface area contributed by atoms with E-state index in [4.69, 9.17) is 15.5 Å². The Morgan fingerprint density at radius 2 is 2.17 bits per heavy atom. The molecule has 0 unspecified atom stereocenters. The average Bonchev–Trinajstić information content (AvgIpc) is 3.30. The van der Waals surface area contributed by atoms with Gasteiger partial charge in [-0.05, 0) is 43.2 Å². The molecule has 35 heavy (non-hydrogen) atoms. The summed E-state index contributed by atoms with van der Waals surface area (Å²) in [5.74, 6) is 1.56. The number of pyridine rings is 1. The first-order valence-corrected chi connectivity index (χ1v) is 12.7. The highest BCUT2D eigenvalue weighted by Gasteiger charge is 2.26. The minimum atomic E-state index is -0.579. The number of aryl methyl sites for hydroxylation is 1. The van der Waals surface area contributed by atoms with Gasteiger partial charge in [-0.2, -0.15) is 9.61 Å². The zero-order valence-corrected chi connectivity index (χ0v) is 21.0. The van der Waals surface area contributed by atoms with Crippen LogP contribution in [0.25, 0.3) is 5.65 Å². The number of ether oxygens (including phenoxy) is 1. The molecule has 4 rings (SSSR count). The van der Waals surface area contributed by atoms with E-state index in [9.17, 15) is 4.79 Å². The fourth-order valence-electron chi connectivity index (χ4n) is 4.48. The quantitative estimate of drug-likeness (QED) is 0.425. The van der Waals surface area contributed by atoms with Crippen LogP contribution in [0.2, 0.25) is 0 Å². The van der Waals surface area contributed by atoms with Gasteiger partial charge in [-0.3, -0.25) is 9.78 Å². The number of aromatic nitrogens is 4. The molecule has 9 heteroatoms. The van der Waals surface area contributed by atoms with Crippen molar-refractivity contribution in [3.8, 4) is 0 Å². The van der Waals surface area contributed by atoms with Crippen LogP contribution < -0.4 is 16.0 Å². The molecule has 3 N–H and O–H groups in total. The van der Waals surface area contributed by atoms with E-state index in [1.807, 2.05) is 42.9 Å². The second-order valence-electron chi connectivity index (χ2n) is 9.54. The van der Waals surface area contributed by atoms with E-state index in [1.54, 1.807) is 6.20 Å². The highest BCUT2D eigenvalue weighted by atomic mass is 16.5. The number of nitrogens with one attached hydrogen (secondary N) is 1. The van der Waals surface area contributed by atoms with Crippen LogP contribution >= 0.6 is 0 Å². The van der Waals surface area contributed by atoms with Gasteiger partial charge in [-0.1, -0.05) is 26.8 Å². The highest BCUT2D eigenvalue weighted by molar-refractivity contribution is 5.75. The molecule has 1 aliphatic rings. The Labute approximate surface area is 207 Å². The van der Waals surface area contributed by atoms with Crippen LogP contribution in [0.3, 0.4) is 0 Å². The Morgan fingerprint density at radius 1 is 1.31 bits per heavy atom. The number of anilines is 2. The summed E-state index contributed by atoms with van der Waals surface area (Å²) in [6.07, 6.45) is 10.4. The van der Waals surface area contributed by atoms with Crippen molar-refractivity contribution in [2.45, 2.75) is 71.5 Å². The third kappa shape index (κ3) is 5.90. The maximum absolute atomic E-state index is 12.2. The predicted molar refractivity (Wildman–Crippen MR) is 137 cm³/mol. The summed E-state index contributed by atoms with van der Waals surface area (Å²) < 4.78 is 7.40. The molecule has 188 valence electrons. The molecular weight excluding hydrogens is 442 g/mol. The Morgan fingerprint density at radius 3 is 2.91 bits per heavy atom. The number of esters is 1. The van der Waals surface area contributed by atoms with Gasteiger partial charge in [0.05, 0.1) is 12.8 Å². The first kappa shape index (κ1) is 24.9. The maximum atomic E-state index is 12.2. The smallest absolute Gasteiger partial charge is 0.323 e. The zero-order chi connectivity index (χ0) is 24.8. The second kappa shape index (κ2) is 11.5. The highest BCUT2D eigenvalue weighted by Crippen LogP contribution is 2.29. The number of fused-ring (bicyclic) bond motifs is 1. The molecule has 0 bridgehead atoms. The van der Waals surface area contributed by atoms with Gasteiger partial charge < -0.3 is 20.7 Å². The number of nitrogens with two attached hydrogens (primary N) is 1. The fraction of sp³-hybridized carbons (Fsp3) is 0.538. The van der Waals surface area contributed by atoms with Gasteiger partial charge in [-0.15, -0.1) is 0 Å². The van der Waals surface area contributed by atoms with Gasteiger partial charge >= 0.3 is 5.97 Å². The van der Waals surface area contributed by atoms with Crippen molar-refractivity contribution in [2.24, 2.45) is 11.7 Å². The summed E-state index contributed by atoms with van der Waals surface area (Å²) >= 11 is 0. The Hall–Kier alpha value is -3.20. The van der Waals surface area contributed by atoms with Crippen LogP contribution in [0, 0.1) is 5.92 Å². The lowest BCUT2D eigenvalue weighted by Gasteiger charge is -2.37. The van der Waals surface area contributed by atoms with Crippen molar-refractivity contribution in [1.82, 2.24) is 19.6 Å². The van der Waals surface area contributed by atoms with E-state index in [-0.39, 0.29) is 17.9 Å². The normalized spacial score (nSPS) is 17.1. The van der Waals surface area contributed by atoms with E-state index in [0.29, 0.717) is 13.2 Å². The van der Waals surface area contributed by atoms with Crippen molar-refractivity contribution in [2.75, 3.05) is 23.4 Å². The molecule has 0 saturated carbocycles. The number of nitrogens with zero attached hydrogens (tertiary/aromatic N) is 5. The largest absolute Gasteiger partial charge is 0.464 e. The number of piperidine rings is 1. The molecule has 1 fully saturated rings. The van der Waals surface area contributed by atoms with Crippen LogP contribution in [0.1, 0.15) is 57.6 Å². The SMILES string of the molecule is CCc1cnn2c(NCc3cccnc3)cc(N3CCCC[C@H]3CCOC(=O)[C@H](N)C(C)C)nc12. The van der Waals surface area contributed by atoms with Gasteiger partial charge in [0.2, 0.25) is 0 Å². The van der Waals surface area contributed by atoms with Crippen LogP contribution in [-0.4, -0.2) is 50.8 Å². The minimum Gasteiger partial charge on any atom is -0.464 e. The number of carbonyl (C=O) groups is 1. The number of carbonyl (C=O) groups excluding carboxylic acids is 1. The Bertz CT molecular complexity index is 1120. The van der Waals surface area contributed by atoms with Crippen LogP contribution in [0.5, 0.6) is 0 Å². The number of hydrogen-bond donors (Lipinski definition) is 2. The monoisotopic (exact) mass is 479 g/mol. The number of hydrogen-bond acceptors (Lipinski definition) is 8. The lowest BCUT2D eigenvalue weighted by Crippen LogP contribution is -2.42. The zero-order valence-electron chi connectivity index (χ0n) is 21.0. The van der Waals surface area contributed by atoms with E-state index in [2.05, 4.69) is 33.3 Å². The van der Waals surface area contributed by atoms with Crippen molar-refractivity contribution in [3.63, 3.8) is 0 Å². The lowest BCUT2D eigenvalue weighted by molar-refractivity contribution is -0.146. The van der Waals surface area contributed by atoms with Crippen molar-refractivity contribution < 1.29 is 9.53 Å². The predicted octanol–water partition coefficient (Wildman–Crippen LogP) is 3.57. The molecule has 0 aliphatic carbocycles. The lowest BCUT2D eigenvalue weighted by atomic mass is 9.99. The molecular formula is C26H37N7O2. The summed E-state index contributed by atoms with van der Waals surface area (Å²) in [5, 5.41) is 8.12. The van der Waals surface area contributed by atoms with Crippen molar-refractivity contribution in [3.05, 3.63) is 47.9 Å². The first-order chi connectivity index (χ1) is 17.0. The molecule has 2 atom stereocenters. The van der Waals surface area contributed by atoms with Gasteiger partial charge in [0, 0.05) is 49.6 Å². The van der Waals surface area contributed by atoms with Crippen molar-refractivity contribution in [1.29, 1.82) is 0 Å². The third-order valence-electron chi connectivity index (χ3n) is 6.72. The first-order valence-electron chi connectivity index (χ1n) is 12.7. The third-order valence-corrected chi connectivity index (χ3v) is 6.72. The molecule has 3 aromatic rings. The van der Waals surface area contributed by atoms with Gasteiger partial charge in [0.25, 0.3) is 0 Å². The topological polar surface area (TPSA) is 111 Å². The summed E-state index contributed by atoms with van der Waals surface area (Å²) in [4.78, 5) is 23.8. The maximum Gasteiger partial charge on any atom is 0.323 e. The summed E-state index contributed by atoms with van der Waals surface area (Å²) in [7, 11) is 0. The summed E-state index contributed by atoms with van der Waals surface area (Å²) in [5.41, 5.74) is 9.02. The molecule has 0 radical (unpaired) electrons. The van der Waals surface area contributed by atoms with Gasteiger partial charge in [-0.25, -0.2) is 4.98 Å². The van der Waals surface area contributed by atoms with Crippen LogP contribution in [0.4, 0.5) is 11.6 Å². The molecule has 1 aliphatic heterocycles. The van der Waals surface area contributed by atoms with Gasteiger partial charge in [0.15, 0.2) is 5.65 Å². The molecule has 4 heterocycles. The van der Waals surface area contributed by atoms with E-state index < -0.39 is 6.04 Å². The molecule has 0 amide bonds. The van der Waals surface area contributed by atoms with Crippen LogP contribution in [-0.2, 0) is 22.5 Å².